The maximum atomic E-state index is 12.7. The first kappa shape index (κ1) is 17.1. The van der Waals surface area contributed by atoms with Crippen LogP contribution >= 0.6 is 11.3 Å². The Bertz CT molecular complexity index is 1310. The summed E-state index contributed by atoms with van der Waals surface area (Å²) in [5, 5.41) is 6.21. The van der Waals surface area contributed by atoms with Crippen molar-refractivity contribution in [3.63, 3.8) is 0 Å². The van der Waals surface area contributed by atoms with Gasteiger partial charge in [0.15, 0.2) is 5.13 Å². The molecule has 1 aromatic carbocycles. The fourth-order valence-corrected chi connectivity index (χ4v) is 3.56. The van der Waals surface area contributed by atoms with E-state index in [0.717, 1.165) is 16.6 Å². The molecule has 0 spiro atoms. The van der Waals surface area contributed by atoms with Crippen LogP contribution < -0.4 is 5.32 Å². The molecule has 0 aliphatic rings. The number of aromatic nitrogens is 6. The van der Waals surface area contributed by atoms with E-state index < -0.39 is 0 Å². The fraction of sp³-hybridized carbons (Fsp3) is 0. The van der Waals surface area contributed by atoms with Crippen molar-refractivity contribution in [2.24, 2.45) is 0 Å². The van der Waals surface area contributed by atoms with Crippen molar-refractivity contribution in [2.45, 2.75) is 0 Å². The normalized spacial score (nSPS) is 10.9. The average molecular weight is 399 g/mol. The van der Waals surface area contributed by atoms with E-state index in [1.807, 2.05) is 41.8 Å². The van der Waals surface area contributed by atoms with Crippen LogP contribution in [0.1, 0.15) is 10.5 Å². The number of nitrogens with one attached hydrogen (secondary N) is 1. The van der Waals surface area contributed by atoms with E-state index in [0.29, 0.717) is 22.5 Å². The lowest BCUT2D eigenvalue weighted by Gasteiger charge is -2.05. The molecule has 8 nitrogen and oxygen atoms in total. The summed E-state index contributed by atoms with van der Waals surface area (Å²) >= 11 is 1.33. The number of hydrogen-bond donors (Lipinski definition) is 1. The molecular formula is C20H13N7OS. The Hall–Kier alpha value is -3.98. The van der Waals surface area contributed by atoms with Gasteiger partial charge in [0.05, 0.1) is 17.4 Å². The van der Waals surface area contributed by atoms with Crippen LogP contribution in [0, 0.1) is 0 Å². The van der Waals surface area contributed by atoms with Crippen LogP contribution in [0.25, 0.3) is 28.2 Å². The summed E-state index contributed by atoms with van der Waals surface area (Å²) in [7, 11) is 0. The smallest absolute Gasteiger partial charge is 0.276 e. The maximum absolute atomic E-state index is 12.7. The van der Waals surface area contributed by atoms with Crippen molar-refractivity contribution in [3.05, 3.63) is 78.5 Å². The summed E-state index contributed by atoms with van der Waals surface area (Å²) < 4.78 is 1.52. The molecule has 0 radical (unpaired) electrons. The Balaban J connectivity index is 1.39. The summed E-state index contributed by atoms with van der Waals surface area (Å²) in [5.74, 6) is 0.0256. The lowest BCUT2D eigenvalue weighted by molar-refractivity contribution is 0.102. The third-order valence-corrected chi connectivity index (χ3v) is 4.98. The minimum atomic E-state index is -0.345. The van der Waals surface area contributed by atoms with Crippen LogP contribution in [0.2, 0.25) is 0 Å². The number of imidazole rings is 1. The van der Waals surface area contributed by atoms with E-state index in [-0.39, 0.29) is 5.91 Å². The van der Waals surface area contributed by atoms with Gasteiger partial charge in [-0.1, -0.05) is 24.3 Å². The van der Waals surface area contributed by atoms with E-state index in [1.54, 1.807) is 18.5 Å². The Morgan fingerprint density at radius 3 is 2.72 bits per heavy atom. The minimum absolute atomic E-state index is 0.316. The predicted molar refractivity (Wildman–Crippen MR) is 110 cm³/mol. The van der Waals surface area contributed by atoms with Crippen LogP contribution in [0.15, 0.2) is 72.8 Å². The maximum Gasteiger partial charge on any atom is 0.276 e. The molecule has 29 heavy (non-hydrogen) atoms. The monoisotopic (exact) mass is 399 g/mol. The third-order valence-electron chi connectivity index (χ3n) is 4.22. The highest BCUT2D eigenvalue weighted by Crippen LogP contribution is 2.25. The molecule has 0 bridgehead atoms. The van der Waals surface area contributed by atoms with Crippen LogP contribution in [0.4, 0.5) is 5.13 Å². The Labute approximate surface area is 169 Å². The SMILES string of the molecule is O=C(Nc1nc(-c2ccc3ccccc3n2)cs1)c1cncn1-c1ncccn1. The summed E-state index contributed by atoms with van der Waals surface area (Å²) in [6.07, 6.45) is 6.17. The van der Waals surface area contributed by atoms with Crippen LogP contribution in [0.3, 0.4) is 0 Å². The number of carbonyl (C=O) groups excluding carboxylic acids is 1. The van der Waals surface area contributed by atoms with Crippen molar-refractivity contribution in [1.29, 1.82) is 0 Å². The summed E-state index contributed by atoms with van der Waals surface area (Å²) in [5.41, 5.74) is 2.67. The molecule has 0 saturated heterocycles. The molecule has 9 heteroatoms. The van der Waals surface area contributed by atoms with Gasteiger partial charge in [-0.3, -0.25) is 14.7 Å². The zero-order valence-electron chi connectivity index (χ0n) is 14.9. The van der Waals surface area contributed by atoms with E-state index in [2.05, 4.69) is 30.2 Å². The molecule has 0 unspecified atom stereocenters. The first-order valence-electron chi connectivity index (χ1n) is 8.71. The molecule has 0 aliphatic carbocycles. The van der Waals surface area contributed by atoms with Crippen molar-refractivity contribution >= 4 is 33.3 Å². The molecule has 1 N–H and O–H groups in total. The van der Waals surface area contributed by atoms with E-state index in [4.69, 9.17) is 0 Å². The Morgan fingerprint density at radius 1 is 0.966 bits per heavy atom. The number of thiazole rings is 1. The summed E-state index contributed by atoms with van der Waals surface area (Å²) in [4.78, 5) is 34.2. The van der Waals surface area contributed by atoms with Crippen LogP contribution in [-0.4, -0.2) is 35.4 Å². The second-order valence-electron chi connectivity index (χ2n) is 6.08. The van der Waals surface area contributed by atoms with Gasteiger partial charge in [0.2, 0.25) is 5.95 Å². The number of benzene rings is 1. The van der Waals surface area contributed by atoms with Crippen molar-refractivity contribution in [1.82, 2.24) is 29.5 Å². The van der Waals surface area contributed by atoms with E-state index in [9.17, 15) is 4.79 Å². The largest absolute Gasteiger partial charge is 0.296 e. The molecule has 140 valence electrons. The molecule has 4 aromatic heterocycles. The van der Waals surface area contributed by atoms with Crippen LogP contribution in [0.5, 0.6) is 0 Å². The van der Waals surface area contributed by atoms with Gasteiger partial charge in [0.1, 0.15) is 17.7 Å². The van der Waals surface area contributed by atoms with Gasteiger partial charge in [-0.2, -0.15) is 0 Å². The zero-order chi connectivity index (χ0) is 19.6. The van der Waals surface area contributed by atoms with Gasteiger partial charge in [-0.25, -0.2) is 24.9 Å². The molecule has 4 heterocycles. The van der Waals surface area contributed by atoms with E-state index >= 15 is 0 Å². The molecule has 0 saturated carbocycles. The number of pyridine rings is 1. The number of hydrogen-bond acceptors (Lipinski definition) is 7. The molecule has 0 aliphatic heterocycles. The molecule has 0 fully saturated rings. The number of nitrogens with zero attached hydrogens (tertiary/aromatic N) is 6. The first-order chi connectivity index (χ1) is 14.3. The van der Waals surface area contributed by atoms with Crippen LogP contribution in [-0.2, 0) is 0 Å². The van der Waals surface area contributed by atoms with Crippen molar-refractivity contribution in [3.8, 4) is 17.3 Å². The average Bonchev–Trinajstić information content (AvgIpc) is 3.44. The number of anilines is 1. The van der Waals surface area contributed by atoms with Gasteiger partial charge in [-0.15, -0.1) is 11.3 Å². The standard InChI is InChI=1S/C20H13N7OS/c28-18(17-10-21-12-27(17)19-22-8-3-9-23-19)26-20-25-16(11-29-20)15-7-6-13-4-1-2-5-14(13)24-15/h1-12H,(H,25,26,28). The number of carbonyl (C=O) groups is 1. The van der Waals surface area contributed by atoms with Gasteiger partial charge in [0.25, 0.3) is 5.91 Å². The highest BCUT2D eigenvalue weighted by atomic mass is 32.1. The Kier molecular flexibility index (Phi) is 4.26. The summed E-state index contributed by atoms with van der Waals surface area (Å²) in [6, 6.07) is 13.5. The summed E-state index contributed by atoms with van der Waals surface area (Å²) in [6.45, 7) is 0. The molecule has 0 atom stereocenters. The van der Waals surface area contributed by atoms with Crippen molar-refractivity contribution < 1.29 is 4.79 Å². The molecule has 5 rings (SSSR count). The molecule has 5 aromatic rings. The highest BCUT2D eigenvalue weighted by Gasteiger charge is 2.16. The number of amides is 1. The third kappa shape index (κ3) is 3.34. The van der Waals surface area contributed by atoms with Gasteiger partial charge >= 0.3 is 0 Å². The fourth-order valence-electron chi connectivity index (χ4n) is 2.86. The molecular weight excluding hydrogens is 386 g/mol. The minimum Gasteiger partial charge on any atom is -0.296 e. The van der Waals surface area contributed by atoms with Gasteiger partial charge in [-0.05, 0) is 18.2 Å². The topological polar surface area (TPSA) is 98.5 Å². The second kappa shape index (κ2) is 7.21. The van der Waals surface area contributed by atoms with E-state index in [1.165, 1.54) is 28.4 Å². The molecule has 1 amide bonds. The number of rotatable bonds is 4. The number of fused-ring (bicyclic) bond motifs is 1. The Morgan fingerprint density at radius 2 is 1.83 bits per heavy atom. The highest BCUT2D eigenvalue weighted by molar-refractivity contribution is 7.14. The first-order valence-corrected chi connectivity index (χ1v) is 9.59. The zero-order valence-corrected chi connectivity index (χ0v) is 15.7. The van der Waals surface area contributed by atoms with Crippen molar-refractivity contribution in [2.75, 3.05) is 5.32 Å². The van der Waals surface area contributed by atoms with Gasteiger partial charge < -0.3 is 0 Å². The second-order valence-corrected chi connectivity index (χ2v) is 6.94. The lowest BCUT2D eigenvalue weighted by atomic mass is 10.2. The quantitative estimate of drug-likeness (QED) is 0.496. The lowest BCUT2D eigenvalue weighted by Crippen LogP contribution is -2.17. The van der Waals surface area contributed by atoms with Gasteiger partial charge in [0, 0.05) is 23.2 Å². The predicted octanol–water partition coefficient (Wildman–Crippen LogP) is 3.59. The number of para-hydroxylation sites is 1.